The zero-order valence-corrected chi connectivity index (χ0v) is 13.8. The first kappa shape index (κ1) is 16.5. The van der Waals surface area contributed by atoms with Crippen molar-refractivity contribution in [1.29, 1.82) is 0 Å². The van der Waals surface area contributed by atoms with Gasteiger partial charge in [-0.15, -0.1) is 0 Å². The second-order valence-corrected chi connectivity index (χ2v) is 5.64. The molecule has 2 heterocycles. The van der Waals surface area contributed by atoms with Crippen molar-refractivity contribution in [3.63, 3.8) is 0 Å². The molecule has 0 spiro atoms. The van der Waals surface area contributed by atoms with Gasteiger partial charge in [-0.3, -0.25) is 0 Å². The number of aliphatic hydroxyl groups is 1. The first-order valence-electron chi connectivity index (χ1n) is 8.15. The second-order valence-electron chi connectivity index (χ2n) is 5.64. The third kappa shape index (κ3) is 4.33. The van der Waals surface area contributed by atoms with Crippen molar-refractivity contribution in [3.05, 3.63) is 36.0 Å². The molecule has 0 atom stereocenters. The Kier molecular flexibility index (Phi) is 5.45. The van der Waals surface area contributed by atoms with Crippen molar-refractivity contribution < 1.29 is 9.84 Å². The highest BCUT2D eigenvalue weighted by Gasteiger charge is 2.11. The molecule has 128 valence electrons. The molecule has 0 radical (unpaired) electrons. The SMILES string of the molecule is Cc1cc(NCCO)nc(Nc2ccc(N3CCOCC3)cc2)n1. The summed E-state index contributed by atoms with van der Waals surface area (Å²) < 4.78 is 5.38. The lowest BCUT2D eigenvalue weighted by Crippen LogP contribution is -2.36. The molecule has 24 heavy (non-hydrogen) atoms. The third-order valence-corrected chi connectivity index (χ3v) is 3.77. The Bertz CT molecular complexity index is 657. The largest absolute Gasteiger partial charge is 0.395 e. The molecule has 1 aromatic carbocycles. The number of ether oxygens (including phenoxy) is 1. The molecular weight excluding hydrogens is 306 g/mol. The number of aryl methyl sites for hydroxylation is 1. The molecular formula is C17H23N5O2. The Labute approximate surface area is 141 Å². The fourth-order valence-corrected chi connectivity index (χ4v) is 2.61. The van der Waals surface area contributed by atoms with Crippen LogP contribution in [0.15, 0.2) is 30.3 Å². The van der Waals surface area contributed by atoms with Crippen LogP contribution in [0.3, 0.4) is 0 Å². The van der Waals surface area contributed by atoms with Crippen LogP contribution in [0.5, 0.6) is 0 Å². The van der Waals surface area contributed by atoms with E-state index in [1.165, 1.54) is 5.69 Å². The van der Waals surface area contributed by atoms with E-state index in [0.29, 0.717) is 18.3 Å². The monoisotopic (exact) mass is 329 g/mol. The highest BCUT2D eigenvalue weighted by atomic mass is 16.5. The first-order valence-corrected chi connectivity index (χ1v) is 8.15. The minimum atomic E-state index is 0.0643. The molecule has 0 saturated carbocycles. The maximum atomic E-state index is 8.90. The molecule has 0 amide bonds. The number of aliphatic hydroxyl groups excluding tert-OH is 1. The van der Waals surface area contributed by atoms with Crippen molar-refractivity contribution in [2.45, 2.75) is 6.92 Å². The molecule has 1 aromatic heterocycles. The number of morpholine rings is 1. The van der Waals surface area contributed by atoms with E-state index in [0.717, 1.165) is 37.7 Å². The summed E-state index contributed by atoms with van der Waals surface area (Å²) in [6.07, 6.45) is 0. The zero-order valence-electron chi connectivity index (χ0n) is 13.8. The van der Waals surface area contributed by atoms with E-state index in [1.807, 2.05) is 25.1 Å². The second kappa shape index (κ2) is 7.94. The number of benzene rings is 1. The van der Waals surface area contributed by atoms with Gasteiger partial charge < -0.3 is 25.4 Å². The van der Waals surface area contributed by atoms with Gasteiger partial charge in [-0.05, 0) is 31.2 Å². The Morgan fingerprint density at radius 2 is 1.92 bits per heavy atom. The van der Waals surface area contributed by atoms with Crippen LogP contribution in [0.1, 0.15) is 5.69 Å². The molecule has 3 N–H and O–H groups in total. The lowest BCUT2D eigenvalue weighted by molar-refractivity contribution is 0.122. The molecule has 1 aliphatic heterocycles. The molecule has 3 rings (SSSR count). The van der Waals surface area contributed by atoms with Gasteiger partial charge >= 0.3 is 0 Å². The topological polar surface area (TPSA) is 82.5 Å². The van der Waals surface area contributed by atoms with Crippen LogP contribution in [0, 0.1) is 6.92 Å². The van der Waals surface area contributed by atoms with Gasteiger partial charge in [0.15, 0.2) is 0 Å². The van der Waals surface area contributed by atoms with Crippen LogP contribution in [-0.4, -0.2) is 54.5 Å². The van der Waals surface area contributed by atoms with Crippen LogP contribution >= 0.6 is 0 Å². The van der Waals surface area contributed by atoms with Gasteiger partial charge in [0.05, 0.1) is 19.8 Å². The molecule has 0 aliphatic carbocycles. The van der Waals surface area contributed by atoms with E-state index in [9.17, 15) is 0 Å². The standard InChI is InChI=1S/C17H23N5O2/c1-13-12-16(18-6-9-23)21-17(19-13)20-14-2-4-15(5-3-14)22-7-10-24-11-8-22/h2-5,12,23H,6-11H2,1H3,(H2,18,19,20,21). The van der Waals surface area contributed by atoms with Gasteiger partial charge in [0.2, 0.25) is 5.95 Å². The van der Waals surface area contributed by atoms with Crippen LogP contribution in [-0.2, 0) is 4.74 Å². The Morgan fingerprint density at radius 1 is 1.17 bits per heavy atom. The van der Waals surface area contributed by atoms with E-state index in [-0.39, 0.29) is 6.61 Å². The number of hydrogen-bond acceptors (Lipinski definition) is 7. The van der Waals surface area contributed by atoms with E-state index < -0.39 is 0 Å². The Balaban J connectivity index is 1.68. The normalized spacial score (nSPS) is 14.5. The average Bonchev–Trinajstić information content (AvgIpc) is 2.61. The summed E-state index contributed by atoms with van der Waals surface area (Å²) in [6.45, 7) is 5.85. The van der Waals surface area contributed by atoms with Gasteiger partial charge in [0.25, 0.3) is 0 Å². The minimum absolute atomic E-state index is 0.0643. The highest BCUT2D eigenvalue weighted by molar-refractivity contribution is 5.60. The maximum absolute atomic E-state index is 8.90. The Morgan fingerprint density at radius 3 is 2.62 bits per heavy atom. The summed E-state index contributed by atoms with van der Waals surface area (Å²) in [4.78, 5) is 11.1. The number of aromatic nitrogens is 2. The van der Waals surface area contributed by atoms with Crippen LogP contribution < -0.4 is 15.5 Å². The van der Waals surface area contributed by atoms with Gasteiger partial charge in [0, 0.05) is 42.8 Å². The number of nitrogens with zero attached hydrogens (tertiary/aromatic N) is 3. The molecule has 2 aromatic rings. The minimum Gasteiger partial charge on any atom is -0.395 e. The highest BCUT2D eigenvalue weighted by Crippen LogP contribution is 2.21. The van der Waals surface area contributed by atoms with E-state index in [2.05, 4.69) is 37.6 Å². The van der Waals surface area contributed by atoms with E-state index >= 15 is 0 Å². The maximum Gasteiger partial charge on any atom is 0.229 e. The number of anilines is 4. The third-order valence-electron chi connectivity index (χ3n) is 3.77. The van der Waals surface area contributed by atoms with Crippen LogP contribution in [0.4, 0.5) is 23.1 Å². The van der Waals surface area contributed by atoms with Crippen molar-refractivity contribution >= 4 is 23.1 Å². The zero-order chi connectivity index (χ0) is 16.8. The van der Waals surface area contributed by atoms with Crippen molar-refractivity contribution in [3.8, 4) is 0 Å². The fourth-order valence-electron chi connectivity index (χ4n) is 2.61. The van der Waals surface area contributed by atoms with Crippen molar-refractivity contribution in [1.82, 2.24) is 9.97 Å². The number of hydrogen-bond donors (Lipinski definition) is 3. The van der Waals surface area contributed by atoms with Crippen LogP contribution in [0.25, 0.3) is 0 Å². The molecule has 0 bridgehead atoms. The summed E-state index contributed by atoms with van der Waals surface area (Å²) in [7, 11) is 0. The van der Waals surface area contributed by atoms with E-state index in [4.69, 9.17) is 9.84 Å². The summed E-state index contributed by atoms with van der Waals surface area (Å²) in [5, 5.41) is 15.2. The van der Waals surface area contributed by atoms with Gasteiger partial charge in [-0.1, -0.05) is 0 Å². The summed E-state index contributed by atoms with van der Waals surface area (Å²) in [6, 6.07) is 10.1. The molecule has 1 saturated heterocycles. The summed E-state index contributed by atoms with van der Waals surface area (Å²) in [5.41, 5.74) is 2.99. The predicted molar refractivity (Wildman–Crippen MR) is 95.1 cm³/mol. The molecule has 1 aliphatic rings. The molecule has 7 heteroatoms. The first-order chi connectivity index (χ1) is 11.7. The Hall–Kier alpha value is -2.38. The van der Waals surface area contributed by atoms with Gasteiger partial charge in [-0.25, -0.2) is 4.98 Å². The number of nitrogens with one attached hydrogen (secondary N) is 2. The summed E-state index contributed by atoms with van der Waals surface area (Å²) >= 11 is 0. The van der Waals surface area contributed by atoms with Crippen molar-refractivity contribution in [2.24, 2.45) is 0 Å². The average molecular weight is 329 g/mol. The molecule has 7 nitrogen and oxygen atoms in total. The fraction of sp³-hybridized carbons (Fsp3) is 0.412. The lowest BCUT2D eigenvalue weighted by atomic mass is 10.2. The van der Waals surface area contributed by atoms with Gasteiger partial charge in [0.1, 0.15) is 5.82 Å². The predicted octanol–water partition coefficient (Wildman–Crippen LogP) is 1.77. The van der Waals surface area contributed by atoms with Gasteiger partial charge in [-0.2, -0.15) is 4.98 Å². The van der Waals surface area contributed by atoms with Crippen molar-refractivity contribution in [2.75, 3.05) is 55.0 Å². The molecule has 1 fully saturated rings. The smallest absolute Gasteiger partial charge is 0.229 e. The molecule has 0 unspecified atom stereocenters. The quantitative estimate of drug-likeness (QED) is 0.745. The van der Waals surface area contributed by atoms with E-state index in [1.54, 1.807) is 0 Å². The number of rotatable bonds is 6. The van der Waals surface area contributed by atoms with Crippen LogP contribution in [0.2, 0.25) is 0 Å². The summed E-state index contributed by atoms with van der Waals surface area (Å²) in [5.74, 6) is 1.23. The lowest BCUT2D eigenvalue weighted by Gasteiger charge is -2.28.